The summed E-state index contributed by atoms with van der Waals surface area (Å²) in [5, 5.41) is 8.23. The van der Waals surface area contributed by atoms with E-state index < -0.39 is 11.7 Å². The molecule has 0 aliphatic heterocycles. The molecule has 3 N–H and O–H groups in total. The summed E-state index contributed by atoms with van der Waals surface area (Å²) >= 11 is 0. The molecule has 2 rings (SSSR count). The summed E-state index contributed by atoms with van der Waals surface area (Å²) in [7, 11) is 0. The lowest BCUT2D eigenvalue weighted by Crippen LogP contribution is -2.34. The number of anilines is 1. The second kappa shape index (κ2) is 10.6. The van der Waals surface area contributed by atoms with Crippen LogP contribution in [-0.4, -0.2) is 30.1 Å². The average Bonchev–Trinajstić information content (AvgIpc) is 3.11. The molecule has 29 heavy (non-hydrogen) atoms. The predicted octanol–water partition coefficient (Wildman–Crippen LogP) is 3.66. The first-order chi connectivity index (χ1) is 13.7. The highest BCUT2D eigenvalue weighted by atomic mass is 16.6. The fourth-order valence-electron chi connectivity index (χ4n) is 2.97. The van der Waals surface area contributed by atoms with Crippen molar-refractivity contribution in [3.63, 3.8) is 0 Å². The first-order valence-corrected chi connectivity index (χ1v) is 10.0. The maximum atomic E-state index is 12.1. The molecule has 3 amide bonds. The van der Waals surface area contributed by atoms with Crippen molar-refractivity contribution in [1.29, 1.82) is 0 Å². The summed E-state index contributed by atoms with van der Waals surface area (Å²) in [6, 6.07) is 7.32. The zero-order valence-electron chi connectivity index (χ0n) is 17.5. The molecule has 0 bridgehead atoms. The Balaban J connectivity index is 1.74. The van der Waals surface area contributed by atoms with Crippen LogP contribution in [0.3, 0.4) is 0 Å². The van der Waals surface area contributed by atoms with E-state index >= 15 is 0 Å². The van der Waals surface area contributed by atoms with Crippen LogP contribution in [0.15, 0.2) is 35.9 Å². The third-order valence-corrected chi connectivity index (χ3v) is 4.28. The number of alkyl carbamates (subject to hydrolysis) is 1. The van der Waals surface area contributed by atoms with Crippen molar-refractivity contribution in [2.24, 2.45) is 0 Å². The Morgan fingerprint density at radius 1 is 1.10 bits per heavy atom. The van der Waals surface area contributed by atoms with E-state index in [0.29, 0.717) is 12.2 Å². The van der Waals surface area contributed by atoms with Crippen LogP contribution in [0.1, 0.15) is 58.4 Å². The van der Waals surface area contributed by atoms with Crippen LogP contribution < -0.4 is 16.0 Å². The van der Waals surface area contributed by atoms with Gasteiger partial charge in [0.2, 0.25) is 11.8 Å². The van der Waals surface area contributed by atoms with Crippen molar-refractivity contribution in [1.82, 2.24) is 10.6 Å². The summed E-state index contributed by atoms with van der Waals surface area (Å²) in [5.41, 5.74) is 2.18. The van der Waals surface area contributed by atoms with Gasteiger partial charge in [0, 0.05) is 31.3 Å². The predicted molar refractivity (Wildman–Crippen MR) is 112 cm³/mol. The molecule has 158 valence electrons. The van der Waals surface area contributed by atoms with E-state index in [9.17, 15) is 14.4 Å². The van der Waals surface area contributed by atoms with Crippen molar-refractivity contribution in [2.45, 2.75) is 65.0 Å². The third-order valence-electron chi connectivity index (χ3n) is 4.28. The normalized spacial score (nSPS) is 13.6. The summed E-state index contributed by atoms with van der Waals surface area (Å²) in [6.07, 6.45) is 5.64. The fraction of sp³-hybridized carbons (Fsp3) is 0.500. The Hall–Kier alpha value is -2.83. The number of allylic oxidation sites excluding steroid dienone is 1. The van der Waals surface area contributed by atoms with E-state index in [1.807, 2.05) is 18.2 Å². The van der Waals surface area contributed by atoms with Gasteiger partial charge in [0.25, 0.3) is 0 Å². The molecule has 1 fully saturated rings. The van der Waals surface area contributed by atoms with Crippen LogP contribution in [0.25, 0.3) is 0 Å². The van der Waals surface area contributed by atoms with Gasteiger partial charge in [-0.1, -0.05) is 17.7 Å². The van der Waals surface area contributed by atoms with Crippen molar-refractivity contribution >= 4 is 23.6 Å². The molecule has 0 atom stereocenters. The van der Waals surface area contributed by atoms with E-state index in [-0.39, 0.29) is 24.8 Å². The smallest absolute Gasteiger partial charge is 0.407 e. The molecule has 0 saturated heterocycles. The molecule has 1 aromatic rings. The highest BCUT2D eigenvalue weighted by Gasteiger charge is 2.16. The molecule has 0 aromatic heterocycles. The van der Waals surface area contributed by atoms with Crippen LogP contribution in [0.4, 0.5) is 10.5 Å². The van der Waals surface area contributed by atoms with Gasteiger partial charge < -0.3 is 20.7 Å². The Bertz CT molecular complexity index is 758. The number of nitrogens with one attached hydrogen (secondary N) is 3. The van der Waals surface area contributed by atoms with Gasteiger partial charge in [-0.2, -0.15) is 0 Å². The molecule has 0 spiro atoms. The van der Waals surface area contributed by atoms with Gasteiger partial charge in [0.1, 0.15) is 5.60 Å². The standard InChI is InChI=1S/C22H31N3O4/c1-22(2,3)29-21(28)23-12-11-19(26)25-18-10-6-9-17(13-18)15-24-20(27)14-16-7-4-5-8-16/h6,9-10,13-14H,4-5,7-8,11-12,15H2,1-3H3,(H,23,28)(H,24,27)(H,25,26). The molecule has 0 radical (unpaired) electrons. The monoisotopic (exact) mass is 401 g/mol. The van der Waals surface area contributed by atoms with Gasteiger partial charge in [-0.3, -0.25) is 9.59 Å². The molecule has 7 nitrogen and oxygen atoms in total. The molecular formula is C22H31N3O4. The molecule has 1 aliphatic rings. The lowest BCUT2D eigenvalue weighted by atomic mass is 10.2. The minimum Gasteiger partial charge on any atom is -0.444 e. The second-order valence-electron chi connectivity index (χ2n) is 8.15. The summed E-state index contributed by atoms with van der Waals surface area (Å²) in [6.45, 7) is 5.92. The van der Waals surface area contributed by atoms with Crippen molar-refractivity contribution in [3.8, 4) is 0 Å². The van der Waals surface area contributed by atoms with Crippen LogP contribution in [0.5, 0.6) is 0 Å². The zero-order valence-corrected chi connectivity index (χ0v) is 17.5. The Kier molecular flexibility index (Phi) is 8.24. The van der Waals surface area contributed by atoms with Crippen molar-refractivity contribution in [3.05, 3.63) is 41.5 Å². The summed E-state index contributed by atoms with van der Waals surface area (Å²) in [4.78, 5) is 35.6. The van der Waals surface area contributed by atoms with Gasteiger partial charge in [-0.25, -0.2) is 4.79 Å². The summed E-state index contributed by atoms with van der Waals surface area (Å²) < 4.78 is 5.12. The number of hydrogen-bond donors (Lipinski definition) is 3. The van der Waals surface area contributed by atoms with Crippen molar-refractivity contribution in [2.75, 3.05) is 11.9 Å². The highest BCUT2D eigenvalue weighted by molar-refractivity contribution is 5.91. The van der Waals surface area contributed by atoms with Gasteiger partial charge in [-0.15, -0.1) is 0 Å². The molecular weight excluding hydrogens is 370 g/mol. The number of hydrogen-bond acceptors (Lipinski definition) is 4. The van der Waals surface area contributed by atoms with Crippen LogP contribution in [-0.2, 0) is 20.9 Å². The van der Waals surface area contributed by atoms with Crippen LogP contribution in [0.2, 0.25) is 0 Å². The van der Waals surface area contributed by atoms with Gasteiger partial charge in [0.15, 0.2) is 0 Å². The van der Waals surface area contributed by atoms with Gasteiger partial charge in [0.05, 0.1) is 0 Å². The number of carbonyl (C=O) groups excluding carboxylic acids is 3. The van der Waals surface area contributed by atoms with E-state index in [1.54, 1.807) is 32.9 Å². The SMILES string of the molecule is CC(C)(C)OC(=O)NCCC(=O)Nc1cccc(CNC(=O)C=C2CCCC2)c1. The first-order valence-electron chi connectivity index (χ1n) is 10.0. The Morgan fingerprint density at radius 2 is 1.83 bits per heavy atom. The molecule has 0 heterocycles. The molecule has 1 aliphatic carbocycles. The average molecular weight is 402 g/mol. The summed E-state index contributed by atoms with van der Waals surface area (Å²) in [5.74, 6) is -0.294. The molecule has 1 aromatic carbocycles. The van der Waals surface area contributed by atoms with Crippen LogP contribution in [0, 0.1) is 0 Å². The zero-order chi connectivity index (χ0) is 21.3. The highest BCUT2D eigenvalue weighted by Crippen LogP contribution is 2.23. The maximum absolute atomic E-state index is 12.1. The molecule has 1 saturated carbocycles. The largest absolute Gasteiger partial charge is 0.444 e. The van der Waals surface area contributed by atoms with Gasteiger partial charge >= 0.3 is 6.09 Å². The number of ether oxygens (including phenoxy) is 1. The van der Waals surface area contributed by atoms with Gasteiger partial charge in [-0.05, 0) is 64.2 Å². The fourth-order valence-corrected chi connectivity index (χ4v) is 2.97. The van der Waals surface area contributed by atoms with Crippen LogP contribution >= 0.6 is 0 Å². The quantitative estimate of drug-likeness (QED) is 0.608. The lowest BCUT2D eigenvalue weighted by molar-refractivity contribution is -0.117. The molecule has 0 unspecified atom stereocenters. The topological polar surface area (TPSA) is 96.5 Å². The maximum Gasteiger partial charge on any atom is 0.407 e. The van der Waals surface area contributed by atoms with Crippen molar-refractivity contribution < 1.29 is 19.1 Å². The lowest BCUT2D eigenvalue weighted by Gasteiger charge is -2.19. The Morgan fingerprint density at radius 3 is 2.52 bits per heavy atom. The number of benzene rings is 1. The third kappa shape index (κ3) is 9.27. The number of carbonyl (C=O) groups is 3. The minimum atomic E-state index is -0.574. The molecule has 7 heteroatoms. The number of amides is 3. The Labute approximate surface area is 172 Å². The van der Waals surface area contributed by atoms with E-state index in [0.717, 1.165) is 31.2 Å². The number of rotatable bonds is 7. The van der Waals surface area contributed by atoms with E-state index in [4.69, 9.17) is 4.74 Å². The van der Waals surface area contributed by atoms with E-state index in [1.165, 1.54) is 5.57 Å². The first kappa shape index (κ1) is 22.5. The van der Waals surface area contributed by atoms with E-state index in [2.05, 4.69) is 16.0 Å². The minimum absolute atomic E-state index is 0.0791. The second-order valence-corrected chi connectivity index (χ2v) is 8.15.